The van der Waals surface area contributed by atoms with E-state index in [0.717, 1.165) is 67.6 Å². The highest BCUT2D eigenvalue weighted by Crippen LogP contribution is 2.45. The van der Waals surface area contributed by atoms with Crippen molar-refractivity contribution in [2.24, 2.45) is 0 Å². The van der Waals surface area contributed by atoms with Crippen LogP contribution >= 0.6 is 0 Å². The van der Waals surface area contributed by atoms with Crippen molar-refractivity contribution in [3.8, 4) is 67.5 Å². The lowest BCUT2D eigenvalue weighted by Gasteiger charge is -2.26. The van der Waals surface area contributed by atoms with E-state index < -0.39 is 36.6 Å². The van der Waals surface area contributed by atoms with Crippen LogP contribution in [-0.2, 0) is 10.8 Å². The second-order valence-electron chi connectivity index (χ2n) is 18.8. The number of fused-ring (bicyclic) bond motifs is 1. The van der Waals surface area contributed by atoms with E-state index in [9.17, 15) is 5.11 Å². The van der Waals surface area contributed by atoms with Crippen molar-refractivity contribution in [1.82, 2.24) is 14.5 Å². The Bertz CT molecular complexity index is 3240. The van der Waals surface area contributed by atoms with Crippen LogP contribution in [0.1, 0.15) is 125 Å². The molecule has 6 aromatic carbocycles. The van der Waals surface area contributed by atoms with E-state index in [1.165, 1.54) is 5.56 Å². The first-order valence-corrected chi connectivity index (χ1v) is 21.7. The standard InChI is InChI=1S/C58H61N3O/c1-12-58(10,11)45-25-26-52(49(35-45)40-17-14-13-15-18-40)61-53-20-16-19-47(54(53)60-56(61)50-33-42(36(2)3)32-48(37(4)5)55(50)62)43-29-44(31-46(30-43)57(7,8)9)51-34-41(27-28-59-51)39-23-21-38(6)22-24-39/h13-37,62H,12H2,1-11H3/i6D3,21D,22D,23D,24D. The van der Waals surface area contributed by atoms with Crippen LogP contribution in [0.15, 0.2) is 140 Å². The molecule has 2 aromatic heterocycles. The third-order valence-electron chi connectivity index (χ3n) is 12.4. The van der Waals surface area contributed by atoms with Gasteiger partial charge in [-0.15, -0.1) is 0 Å². The molecule has 0 fully saturated rings. The Morgan fingerprint density at radius 3 is 2.08 bits per heavy atom. The number of para-hydroxylation sites is 1. The number of pyridine rings is 1. The minimum Gasteiger partial charge on any atom is -0.507 e. The van der Waals surface area contributed by atoms with Gasteiger partial charge in [-0.25, -0.2) is 4.98 Å². The van der Waals surface area contributed by atoms with E-state index in [-0.39, 0.29) is 34.0 Å². The van der Waals surface area contributed by atoms with Gasteiger partial charge in [0, 0.05) is 27.0 Å². The molecule has 0 aliphatic heterocycles. The molecule has 0 atom stereocenters. The highest BCUT2D eigenvalue weighted by Gasteiger charge is 2.27. The quantitative estimate of drug-likeness (QED) is 0.149. The summed E-state index contributed by atoms with van der Waals surface area (Å²) in [6, 6.07) is 35.3. The minimum absolute atomic E-state index is 0.00302. The smallest absolute Gasteiger partial charge is 0.149 e. The third-order valence-corrected chi connectivity index (χ3v) is 12.4. The number of imidazole rings is 1. The Kier molecular flexibility index (Phi) is 9.17. The van der Waals surface area contributed by atoms with Gasteiger partial charge in [-0.05, 0) is 129 Å². The molecule has 4 nitrogen and oxygen atoms in total. The number of phenols is 1. The predicted molar refractivity (Wildman–Crippen MR) is 263 cm³/mol. The summed E-state index contributed by atoms with van der Waals surface area (Å²) in [6.07, 6.45) is 2.54. The first-order chi connectivity index (χ1) is 32.4. The van der Waals surface area contributed by atoms with Crippen LogP contribution in [0.4, 0.5) is 0 Å². The van der Waals surface area contributed by atoms with Crippen LogP contribution < -0.4 is 0 Å². The van der Waals surface area contributed by atoms with Crippen molar-refractivity contribution in [3.63, 3.8) is 0 Å². The Labute approximate surface area is 379 Å². The Morgan fingerprint density at radius 1 is 0.661 bits per heavy atom. The molecule has 0 aliphatic carbocycles. The number of hydrogen-bond acceptors (Lipinski definition) is 3. The van der Waals surface area contributed by atoms with Crippen LogP contribution in [0, 0.1) is 6.85 Å². The fourth-order valence-electron chi connectivity index (χ4n) is 8.15. The predicted octanol–water partition coefficient (Wildman–Crippen LogP) is 16.0. The zero-order valence-corrected chi connectivity index (χ0v) is 37.6. The number of aromatic nitrogens is 3. The lowest BCUT2D eigenvalue weighted by molar-refractivity contribution is 0.466. The maximum absolute atomic E-state index is 12.3. The summed E-state index contributed by atoms with van der Waals surface area (Å²) in [5.74, 6) is 1.06. The second kappa shape index (κ2) is 16.5. The SMILES string of the molecule is [2H]c1c([2H])c(C([2H])([2H])[2H])c([2H])c([2H])c1-c1ccnc(-c2cc(-c3cccc4c3nc(-c3cc(C(C)C)cc(C(C)C)c3O)n4-c3ccc(C(C)(C)CC)cc3-c3ccccc3)cc(C(C)(C)C)c2)c1. The highest BCUT2D eigenvalue weighted by molar-refractivity contribution is 5.98. The molecule has 0 saturated heterocycles. The zero-order chi connectivity index (χ0) is 50.1. The fraction of sp³-hybridized carbons (Fsp3) is 0.276. The molecule has 8 aromatic rings. The van der Waals surface area contributed by atoms with E-state index >= 15 is 0 Å². The van der Waals surface area contributed by atoms with E-state index in [4.69, 9.17) is 19.6 Å². The summed E-state index contributed by atoms with van der Waals surface area (Å²) < 4.78 is 60.8. The number of benzene rings is 6. The monoisotopic (exact) mass is 823 g/mol. The summed E-state index contributed by atoms with van der Waals surface area (Å²) >= 11 is 0. The topological polar surface area (TPSA) is 50.9 Å². The molecule has 4 heteroatoms. The number of phenolic OH excluding ortho intramolecular Hbond substituents is 1. The van der Waals surface area contributed by atoms with Gasteiger partial charge in [-0.3, -0.25) is 9.55 Å². The molecule has 0 spiro atoms. The van der Waals surface area contributed by atoms with Gasteiger partial charge < -0.3 is 5.11 Å². The van der Waals surface area contributed by atoms with Gasteiger partial charge in [0.25, 0.3) is 0 Å². The van der Waals surface area contributed by atoms with Gasteiger partial charge in [0.2, 0.25) is 0 Å². The maximum Gasteiger partial charge on any atom is 0.149 e. The first kappa shape index (κ1) is 34.3. The number of rotatable bonds is 10. The molecule has 0 unspecified atom stereocenters. The molecular formula is C58H61N3O. The van der Waals surface area contributed by atoms with Gasteiger partial charge in [0.15, 0.2) is 0 Å². The fourth-order valence-corrected chi connectivity index (χ4v) is 8.15. The van der Waals surface area contributed by atoms with E-state index in [1.54, 1.807) is 18.3 Å². The summed E-state index contributed by atoms with van der Waals surface area (Å²) in [4.78, 5) is 10.4. The van der Waals surface area contributed by atoms with Crippen molar-refractivity contribution in [1.29, 1.82) is 0 Å². The number of hydrogen-bond donors (Lipinski definition) is 1. The molecule has 0 amide bonds. The van der Waals surface area contributed by atoms with E-state index in [1.807, 2.05) is 12.1 Å². The Hall–Kier alpha value is -6.26. The molecule has 2 heterocycles. The van der Waals surface area contributed by atoms with Crippen LogP contribution in [-0.4, -0.2) is 19.6 Å². The third kappa shape index (κ3) is 8.11. The Balaban J connectivity index is 1.43. The number of aromatic hydroxyl groups is 1. The second-order valence-corrected chi connectivity index (χ2v) is 18.8. The number of nitrogens with zero attached hydrogens (tertiary/aromatic N) is 3. The van der Waals surface area contributed by atoms with Crippen molar-refractivity contribution in [2.75, 3.05) is 0 Å². The van der Waals surface area contributed by atoms with Crippen LogP contribution in [0.5, 0.6) is 5.75 Å². The average Bonchev–Trinajstić information content (AvgIpc) is 3.69. The van der Waals surface area contributed by atoms with Crippen LogP contribution in [0.25, 0.3) is 72.7 Å². The van der Waals surface area contributed by atoms with Gasteiger partial charge >= 0.3 is 0 Å². The maximum atomic E-state index is 12.3. The van der Waals surface area contributed by atoms with Gasteiger partial charge in [-0.1, -0.05) is 160 Å². The molecular weight excluding hydrogens is 755 g/mol. The average molecular weight is 823 g/mol. The molecule has 0 radical (unpaired) electrons. The molecule has 314 valence electrons. The molecule has 62 heavy (non-hydrogen) atoms. The van der Waals surface area contributed by atoms with E-state index in [0.29, 0.717) is 22.6 Å². The molecule has 1 N–H and O–H groups in total. The summed E-state index contributed by atoms with van der Waals surface area (Å²) in [5, 5.41) is 12.3. The molecule has 8 rings (SSSR count). The van der Waals surface area contributed by atoms with Crippen molar-refractivity contribution in [3.05, 3.63) is 167 Å². The normalized spacial score (nSPS) is 14.0. The van der Waals surface area contributed by atoms with Crippen LogP contribution in [0.2, 0.25) is 0 Å². The minimum atomic E-state index is -2.82. The van der Waals surface area contributed by atoms with Crippen LogP contribution in [0.3, 0.4) is 0 Å². The van der Waals surface area contributed by atoms with Crippen molar-refractivity contribution >= 4 is 11.0 Å². The molecule has 0 aliphatic rings. The summed E-state index contributed by atoms with van der Waals surface area (Å²) in [7, 11) is 0. The van der Waals surface area contributed by atoms with E-state index in [2.05, 4.69) is 159 Å². The molecule has 0 bridgehead atoms. The summed E-state index contributed by atoms with van der Waals surface area (Å²) in [5.41, 5.74) is 11.9. The van der Waals surface area contributed by atoms with Crippen molar-refractivity contribution < 1.29 is 14.7 Å². The molecule has 0 saturated carbocycles. The van der Waals surface area contributed by atoms with Crippen molar-refractivity contribution in [2.45, 2.75) is 105 Å². The lowest BCUT2D eigenvalue weighted by atomic mass is 9.81. The van der Waals surface area contributed by atoms with Gasteiger partial charge in [-0.2, -0.15) is 0 Å². The lowest BCUT2D eigenvalue weighted by Crippen LogP contribution is -2.16. The van der Waals surface area contributed by atoms with Gasteiger partial charge in [0.05, 0.1) is 33.5 Å². The van der Waals surface area contributed by atoms with Gasteiger partial charge in [0.1, 0.15) is 11.6 Å². The largest absolute Gasteiger partial charge is 0.507 e. The first-order valence-electron chi connectivity index (χ1n) is 25.2. The summed E-state index contributed by atoms with van der Waals surface area (Å²) in [6.45, 7) is 18.9. The Morgan fingerprint density at radius 2 is 1.40 bits per heavy atom. The zero-order valence-electron chi connectivity index (χ0n) is 44.6. The highest BCUT2D eigenvalue weighted by atomic mass is 16.3.